The van der Waals surface area contributed by atoms with Gasteiger partial charge in [0.1, 0.15) is 0 Å². The van der Waals surface area contributed by atoms with Gasteiger partial charge >= 0.3 is 0 Å². The van der Waals surface area contributed by atoms with Gasteiger partial charge in [0.25, 0.3) is 5.91 Å². The zero-order valence-corrected chi connectivity index (χ0v) is 19.8. The lowest BCUT2D eigenvalue weighted by atomic mass is 10.1. The number of pyridine rings is 1. The maximum Gasteiger partial charge on any atom is 0.256 e. The molecule has 1 aromatic heterocycles. The van der Waals surface area contributed by atoms with Crippen LogP contribution in [0, 0.1) is 0 Å². The molecule has 1 heterocycles. The van der Waals surface area contributed by atoms with Crippen molar-refractivity contribution in [3.8, 4) is 0 Å². The normalized spacial score (nSPS) is 11.7. The second-order valence-electron chi connectivity index (χ2n) is 7.27. The number of rotatable bonds is 9. The highest BCUT2D eigenvalue weighted by Gasteiger charge is 2.24. The molecule has 0 bridgehead atoms. The number of carbonyl (C=O) groups is 1. The van der Waals surface area contributed by atoms with E-state index in [-0.39, 0.29) is 10.8 Å². The molecule has 7 nitrogen and oxygen atoms in total. The van der Waals surface area contributed by atoms with E-state index in [0.717, 1.165) is 29.7 Å². The van der Waals surface area contributed by atoms with E-state index in [1.807, 2.05) is 39.8 Å². The van der Waals surface area contributed by atoms with E-state index in [0.29, 0.717) is 24.3 Å². The molecule has 8 heteroatoms. The molecule has 1 N–H and O–H groups in total. The van der Waals surface area contributed by atoms with Crippen LogP contribution < -0.4 is 10.2 Å². The summed E-state index contributed by atoms with van der Waals surface area (Å²) in [6.07, 6.45) is 1.68. The van der Waals surface area contributed by atoms with Gasteiger partial charge in [0.15, 0.2) is 0 Å². The third-order valence-electron chi connectivity index (χ3n) is 5.55. The standard InChI is InChI=1S/C24H30N4O3S/c1-5-27(6-2)23-15-14-18(32(30,31)28(7-3)8-4)17-22(23)26-24(29)20-11-9-13-21-19(20)12-10-16-25-21/h9-17H,5-8H2,1-4H3,(H,26,29). The highest BCUT2D eigenvalue weighted by molar-refractivity contribution is 7.89. The molecule has 0 atom stereocenters. The highest BCUT2D eigenvalue weighted by Crippen LogP contribution is 2.31. The quantitative estimate of drug-likeness (QED) is 0.519. The fourth-order valence-electron chi connectivity index (χ4n) is 3.82. The molecule has 0 aliphatic carbocycles. The number of aromatic nitrogens is 1. The molecule has 0 saturated carbocycles. The lowest BCUT2D eigenvalue weighted by Gasteiger charge is -2.26. The molecule has 0 radical (unpaired) electrons. The zero-order valence-electron chi connectivity index (χ0n) is 19.0. The van der Waals surface area contributed by atoms with Crippen molar-refractivity contribution in [2.45, 2.75) is 32.6 Å². The Labute approximate surface area is 190 Å². The average Bonchev–Trinajstić information content (AvgIpc) is 2.80. The molecule has 0 aliphatic rings. The summed E-state index contributed by atoms with van der Waals surface area (Å²) < 4.78 is 27.6. The summed E-state index contributed by atoms with van der Waals surface area (Å²) in [7, 11) is -3.66. The summed E-state index contributed by atoms with van der Waals surface area (Å²) in [5.74, 6) is -0.311. The van der Waals surface area contributed by atoms with Crippen molar-refractivity contribution in [3.05, 3.63) is 60.3 Å². The summed E-state index contributed by atoms with van der Waals surface area (Å²) in [5.41, 5.74) is 2.45. The fourth-order valence-corrected chi connectivity index (χ4v) is 5.30. The number of carbonyl (C=O) groups excluding carboxylic acids is 1. The van der Waals surface area contributed by atoms with Gasteiger partial charge in [0, 0.05) is 43.3 Å². The topological polar surface area (TPSA) is 82.6 Å². The first-order valence-electron chi connectivity index (χ1n) is 10.9. The number of nitrogens with zero attached hydrogens (tertiary/aromatic N) is 3. The Morgan fingerprint density at radius 2 is 1.66 bits per heavy atom. The van der Waals surface area contributed by atoms with Crippen LogP contribution in [-0.2, 0) is 10.0 Å². The van der Waals surface area contributed by atoms with Gasteiger partial charge in [-0.05, 0) is 50.2 Å². The molecule has 0 aliphatic heterocycles. The molecule has 3 rings (SSSR count). The second-order valence-corrected chi connectivity index (χ2v) is 9.21. The molecule has 170 valence electrons. The SMILES string of the molecule is CCN(CC)c1ccc(S(=O)(=O)N(CC)CC)cc1NC(=O)c1cccc2ncccc12. The molecule has 0 saturated heterocycles. The maximum absolute atomic E-state index is 13.3. The number of hydrogen-bond acceptors (Lipinski definition) is 5. The Morgan fingerprint density at radius 1 is 0.938 bits per heavy atom. The van der Waals surface area contributed by atoms with Crippen molar-refractivity contribution in [1.82, 2.24) is 9.29 Å². The van der Waals surface area contributed by atoms with Gasteiger partial charge in [0.05, 0.1) is 21.8 Å². The van der Waals surface area contributed by atoms with E-state index < -0.39 is 10.0 Å². The molecular formula is C24H30N4O3S. The summed E-state index contributed by atoms with van der Waals surface area (Å²) in [6.45, 7) is 9.85. The fraction of sp³-hybridized carbons (Fsp3) is 0.333. The van der Waals surface area contributed by atoms with E-state index >= 15 is 0 Å². The molecule has 1 amide bonds. The van der Waals surface area contributed by atoms with Crippen molar-refractivity contribution in [2.24, 2.45) is 0 Å². The summed E-state index contributed by atoms with van der Waals surface area (Å²) >= 11 is 0. The van der Waals surface area contributed by atoms with Gasteiger partial charge in [-0.15, -0.1) is 0 Å². The summed E-state index contributed by atoms with van der Waals surface area (Å²) in [5, 5.41) is 3.70. The van der Waals surface area contributed by atoms with Gasteiger partial charge in [-0.1, -0.05) is 26.0 Å². The minimum atomic E-state index is -3.66. The van der Waals surface area contributed by atoms with Crippen LogP contribution in [0.15, 0.2) is 59.6 Å². The predicted octanol–water partition coefficient (Wildman–Crippen LogP) is 4.36. The first-order valence-corrected chi connectivity index (χ1v) is 12.4. The predicted molar refractivity (Wildman–Crippen MR) is 130 cm³/mol. The molecule has 0 spiro atoms. The summed E-state index contributed by atoms with van der Waals surface area (Å²) in [4.78, 5) is 19.8. The average molecular weight is 455 g/mol. The van der Waals surface area contributed by atoms with Crippen LogP contribution in [0.3, 0.4) is 0 Å². The molecule has 2 aromatic carbocycles. The van der Waals surface area contributed by atoms with E-state index in [9.17, 15) is 13.2 Å². The molecule has 0 unspecified atom stereocenters. The largest absolute Gasteiger partial charge is 0.370 e. The number of benzene rings is 2. The zero-order chi connectivity index (χ0) is 23.3. The first-order chi connectivity index (χ1) is 15.4. The number of hydrogen-bond donors (Lipinski definition) is 1. The Bertz CT molecular complexity index is 1200. The Morgan fingerprint density at radius 3 is 2.31 bits per heavy atom. The smallest absolute Gasteiger partial charge is 0.256 e. The highest BCUT2D eigenvalue weighted by atomic mass is 32.2. The van der Waals surface area contributed by atoms with Crippen LogP contribution in [0.25, 0.3) is 10.9 Å². The van der Waals surface area contributed by atoms with Crippen LogP contribution >= 0.6 is 0 Å². The Balaban J connectivity index is 2.09. The van der Waals surface area contributed by atoms with Crippen LogP contribution in [0.1, 0.15) is 38.1 Å². The number of amides is 1. The monoisotopic (exact) mass is 454 g/mol. The molecule has 0 fully saturated rings. The van der Waals surface area contributed by atoms with Crippen molar-refractivity contribution in [2.75, 3.05) is 36.4 Å². The second kappa shape index (κ2) is 10.1. The van der Waals surface area contributed by atoms with E-state index in [1.165, 1.54) is 4.31 Å². The third kappa shape index (κ3) is 4.61. The molecule has 3 aromatic rings. The van der Waals surface area contributed by atoms with E-state index in [4.69, 9.17) is 0 Å². The first kappa shape index (κ1) is 23.7. The van der Waals surface area contributed by atoms with Gasteiger partial charge in [-0.2, -0.15) is 4.31 Å². The van der Waals surface area contributed by atoms with Gasteiger partial charge in [0.2, 0.25) is 10.0 Å². The van der Waals surface area contributed by atoms with Gasteiger partial charge in [-0.3, -0.25) is 9.78 Å². The van der Waals surface area contributed by atoms with Crippen molar-refractivity contribution in [1.29, 1.82) is 0 Å². The number of anilines is 2. The Kier molecular flexibility index (Phi) is 7.48. The van der Waals surface area contributed by atoms with E-state index in [2.05, 4.69) is 15.2 Å². The van der Waals surface area contributed by atoms with Gasteiger partial charge in [-0.25, -0.2) is 8.42 Å². The molecular weight excluding hydrogens is 424 g/mol. The van der Waals surface area contributed by atoms with Crippen LogP contribution in [0.4, 0.5) is 11.4 Å². The van der Waals surface area contributed by atoms with Crippen molar-refractivity contribution < 1.29 is 13.2 Å². The van der Waals surface area contributed by atoms with E-state index in [1.54, 1.807) is 42.6 Å². The maximum atomic E-state index is 13.3. The van der Waals surface area contributed by atoms with Crippen LogP contribution in [0.5, 0.6) is 0 Å². The van der Waals surface area contributed by atoms with Crippen LogP contribution in [0.2, 0.25) is 0 Å². The third-order valence-corrected chi connectivity index (χ3v) is 7.60. The number of nitrogens with one attached hydrogen (secondary N) is 1. The molecule has 32 heavy (non-hydrogen) atoms. The Hall–Kier alpha value is -2.97. The number of sulfonamides is 1. The van der Waals surface area contributed by atoms with Crippen LogP contribution in [-0.4, -0.2) is 49.8 Å². The van der Waals surface area contributed by atoms with Crippen molar-refractivity contribution >= 4 is 38.2 Å². The van der Waals surface area contributed by atoms with Gasteiger partial charge < -0.3 is 10.2 Å². The minimum absolute atomic E-state index is 0.159. The summed E-state index contributed by atoms with van der Waals surface area (Å²) in [6, 6.07) is 14.0. The lowest BCUT2D eigenvalue weighted by molar-refractivity contribution is 0.102. The lowest BCUT2D eigenvalue weighted by Crippen LogP contribution is -2.31. The van der Waals surface area contributed by atoms with Crippen molar-refractivity contribution in [3.63, 3.8) is 0 Å². The number of fused-ring (bicyclic) bond motifs is 1. The minimum Gasteiger partial charge on any atom is -0.370 e.